The summed E-state index contributed by atoms with van der Waals surface area (Å²) in [4.78, 5) is 60.4. The van der Waals surface area contributed by atoms with Crippen molar-refractivity contribution in [1.82, 2.24) is 15.0 Å². The molecule has 10 aromatic rings. The van der Waals surface area contributed by atoms with Crippen LogP contribution in [0.4, 0.5) is 17.1 Å². The van der Waals surface area contributed by atoms with E-state index in [1.807, 2.05) is 221 Å². The lowest BCUT2D eigenvalue weighted by atomic mass is 9.89. The molecule has 15 nitrogen and oxygen atoms in total. The van der Waals surface area contributed by atoms with Crippen LogP contribution in [-0.4, -0.2) is 51.0 Å². The number of hydrogen-bond donors (Lipinski definition) is 0. The van der Waals surface area contributed by atoms with E-state index in [1.54, 1.807) is 51.1 Å². The van der Waals surface area contributed by atoms with E-state index in [1.165, 1.54) is 0 Å². The predicted octanol–water partition coefficient (Wildman–Crippen LogP) is 13.8. The third-order valence-electron chi connectivity index (χ3n) is 15.0. The van der Waals surface area contributed by atoms with E-state index in [-0.39, 0.29) is 35.8 Å². The number of nitrogens with zero attached hydrogens (tertiary/aromatic N) is 6. The topological polar surface area (TPSA) is 155 Å². The van der Waals surface area contributed by atoms with Crippen LogP contribution in [0.25, 0.3) is 0 Å². The SMILES string of the molecule is Cc1ccc(N2C(=O)C(Oc3ccccc3)C2c2ccc(Oc3nc(Oc4ccc(C5C(Oc6ccccc6)C(=O)N5c5ccc(C)cc5)cc4)nc(Oc4ccc(C5C(Oc6ccccc6)C(=O)N5c5ccc(C)cc5)cc4)n3)cc2)cc1. The molecular weight excluding hydrogens is 1060 g/mol. The molecule has 6 unspecified atom stereocenters. The smallest absolute Gasteiger partial charge is 0.331 e. The van der Waals surface area contributed by atoms with Gasteiger partial charge in [-0.3, -0.25) is 29.1 Å². The minimum atomic E-state index is -0.772. The molecule has 3 amide bonds. The molecule has 0 radical (unpaired) electrons. The van der Waals surface area contributed by atoms with E-state index < -0.39 is 36.4 Å². The van der Waals surface area contributed by atoms with E-state index in [4.69, 9.17) is 28.4 Å². The average Bonchev–Trinajstić information content (AvgIpc) is 1.40. The van der Waals surface area contributed by atoms with Gasteiger partial charge in [0.05, 0.1) is 0 Å². The summed E-state index contributed by atoms with van der Waals surface area (Å²) in [7, 11) is 0. The van der Waals surface area contributed by atoms with Crippen LogP contribution in [0.1, 0.15) is 51.5 Å². The highest BCUT2D eigenvalue weighted by Crippen LogP contribution is 2.45. The second kappa shape index (κ2) is 22.6. The Morgan fingerprint density at radius 2 is 0.524 bits per heavy atom. The van der Waals surface area contributed by atoms with Crippen LogP contribution in [0.3, 0.4) is 0 Å². The van der Waals surface area contributed by atoms with Crippen molar-refractivity contribution in [2.24, 2.45) is 0 Å². The molecule has 3 aliphatic rings. The first-order valence-electron chi connectivity index (χ1n) is 27.5. The number of anilines is 3. The van der Waals surface area contributed by atoms with Crippen molar-refractivity contribution in [3.8, 4) is 52.5 Å². The zero-order valence-electron chi connectivity index (χ0n) is 45.8. The minimum absolute atomic E-state index is 0.133. The van der Waals surface area contributed by atoms with Crippen LogP contribution in [0.15, 0.2) is 237 Å². The van der Waals surface area contributed by atoms with Crippen LogP contribution in [0.5, 0.6) is 52.5 Å². The van der Waals surface area contributed by atoms with Crippen molar-refractivity contribution in [1.29, 1.82) is 0 Å². The Labute approximate surface area is 484 Å². The summed E-state index contributed by atoms with van der Waals surface area (Å²) < 4.78 is 38.0. The zero-order valence-corrected chi connectivity index (χ0v) is 45.8. The van der Waals surface area contributed by atoms with Gasteiger partial charge in [-0.25, -0.2) is 0 Å². The Balaban J connectivity index is 0.793. The fourth-order valence-corrected chi connectivity index (χ4v) is 10.6. The average molecular weight is 1110 g/mol. The molecule has 0 bridgehead atoms. The lowest BCUT2D eigenvalue weighted by Gasteiger charge is -2.46. The molecule has 0 saturated carbocycles. The molecule has 0 spiro atoms. The van der Waals surface area contributed by atoms with Crippen LogP contribution < -0.4 is 43.1 Å². The first-order valence-corrected chi connectivity index (χ1v) is 27.5. The van der Waals surface area contributed by atoms with Gasteiger partial charge in [-0.15, -0.1) is 15.0 Å². The molecule has 15 heteroatoms. The normalized spacial score (nSPS) is 18.9. The number of β-lactam (4-membered cyclic amide) rings is 3. The summed E-state index contributed by atoms with van der Waals surface area (Å²) >= 11 is 0. The van der Waals surface area contributed by atoms with Gasteiger partial charge in [-0.2, -0.15) is 0 Å². The highest BCUT2D eigenvalue weighted by atomic mass is 16.5. The van der Waals surface area contributed by atoms with E-state index in [0.29, 0.717) is 34.5 Å². The monoisotopic (exact) mass is 1110 g/mol. The maximum absolute atomic E-state index is 13.8. The van der Waals surface area contributed by atoms with Crippen molar-refractivity contribution in [3.63, 3.8) is 0 Å². The summed E-state index contributed by atoms with van der Waals surface area (Å²) in [6, 6.07) is 71.5. The quantitative estimate of drug-likeness (QED) is 0.0751. The number of hydrogen-bond acceptors (Lipinski definition) is 12. The summed E-state index contributed by atoms with van der Waals surface area (Å²) in [5.41, 5.74) is 7.94. The van der Waals surface area contributed by atoms with E-state index in [9.17, 15) is 14.4 Å². The third-order valence-corrected chi connectivity index (χ3v) is 15.0. The number of benzene rings is 9. The lowest BCUT2D eigenvalue weighted by Crippen LogP contribution is -2.61. The number of carbonyl (C=O) groups excluding carboxylic acids is 3. The molecule has 13 rings (SSSR count). The largest absolute Gasteiger partial charge is 0.478 e. The Morgan fingerprint density at radius 1 is 0.286 bits per heavy atom. The van der Waals surface area contributed by atoms with Crippen LogP contribution in [-0.2, 0) is 14.4 Å². The highest BCUT2D eigenvalue weighted by Gasteiger charge is 2.53. The van der Waals surface area contributed by atoms with Crippen molar-refractivity contribution >= 4 is 34.8 Å². The molecule has 6 atom stereocenters. The van der Waals surface area contributed by atoms with Crippen molar-refractivity contribution < 1.29 is 42.8 Å². The molecule has 4 heterocycles. The fraction of sp³-hybridized carbons (Fsp3) is 0.130. The van der Waals surface area contributed by atoms with Crippen LogP contribution >= 0.6 is 0 Å². The Morgan fingerprint density at radius 3 is 0.762 bits per heavy atom. The Kier molecular flexibility index (Phi) is 14.2. The Hall–Kier alpha value is -10.8. The van der Waals surface area contributed by atoms with E-state index >= 15 is 0 Å². The van der Waals surface area contributed by atoms with Gasteiger partial charge in [-0.1, -0.05) is 144 Å². The molecular formula is C69H54N6O9. The first-order chi connectivity index (χ1) is 41.1. The minimum Gasteiger partial charge on any atom is -0.478 e. The summed E-state index contributed by atoms with van der Waals surface area (Å²) in [6.45, 7) is 6.01. The van der Waals surface area contributed by atoms with E-state index in [2.05, 4.69) is 15.0 Å². The summed E-state index contributed by atoms with van der Waals surface area (Å²) in [6.07, 6.45) is -2.32. The number of aromatic nitrogens is 3. The van der Waals surface area contributed by atoms with Crippen molar-refractivity contribution in [2.45, 2.75) is 57.2 Å². The lowest BCUT2D eigenvalue weighted by molar-refractivity contribution is -0.135. The molecule has 84 heavy (non-hydrogen) atoms. The van der Waals surface area contributed by atoms with Crippen LogP contribution in [0.2, 0.25) is 0 Å². The summed E-state index contributed by atoms with van der Waals surface area (Å²) in [5, 5.41) is 0. The van der Waals surface area contributed by atoms with Gasteiger partial charge < -0.3 is 28.4 Å². The number of amides is 3. The first kappa shape index (κ1) is 52.6. The molecule has 3 fully saturated rings. The van der Waals surface area contributed by atoms with Gasteiger partial charge in [-0.05, 0) is 147 Å². The maximum atomic E-state index is 13.8. The fourth-order valence-electron chi connectivity index (χ4n) is 10.6. The summed E-state index contributed by atoms with van der Waals surface area (Å²) in [5.74, 6) is 2.43. The third kappa shape index (κ3) is 10.7. The van der Waals surface area contributed by atoms with Crippen molar-refractivity contribution in [2.75, 3.05) is 14.7 Å². The second-order valence-corrected chi connectivity index (χ2v) is 20.7. The number of aryl methyl sites for hydroxylation is 3. The second-order valence-electron chi connectivity index (χ2n) is 20.7. The van der Waals surface area contributed by atoms with Gasteiger partial charge in [0.25, 0.3) is 17.7 Å². The molecule has 414 valence electrons. The number of rotatable bonds is 18. The number of para-hydroxylation sites is 3. The molecule has 3 saturated heterocycles. The molecule has 0 aliphatic carbocycles. The zero-order chi connectivity index (χ0) is 57.3. The van der Waals surface area contributed by atoms with Crippen molar-refractivity contribution in [3.05, 3.63) is 270 Å². The van der Waals surface area contributed by atoms with Gasteiger partial charge >= 0.3 is 18.0 Å². The van der Waals surface area contributed by atoms with Crippen LogP contribution in [0, 0.1) is 20.8 Å². The highest BCUT2D eigenvalue weighted by molar-refractivity contribution is 6.07. The molecule has 0 N–H and O–H groups in total. The predicted molar refractivity (Wildman–Crippen MR) is 316 cm³/mol. The number of ether oxygens (including phenoxy) is 6. The molecule has 1 aromatic heterocycles. The molecule has 3 aliphatic heterocycles. The standard InChI is InChI=1S/C69H54N6O9/c1-43-19-31-49(32-20-43)73-58(61(64(73)76)79-52-13-7-4-8-14-52)46-25-37-55(38-26-46)82-67-70-68(83-56-39-27-47(28-40-56)59-62(80-53-15-9-5-10-16-53)65(77)74(59)50-33-21-44(2)22-34-50)72-69(71-67)84-57-41-29-48(30-42-57)60-63(81-54-17-11-6-12-18-54)66(78)75(60)51-35-23-45(3)24-36-51/h4-42,58-63H,1-3H3. The van der Waals surface area contributed by atoms with Gasteiger partial charge in [0.2, 0.25) is 18.3 Å². The van der Waals surface area contributed by atoms with Gasteiger partial charge in [0.15, 0.2) is 0 Å². The molecule has 9 aromatic carbocycles. The van der Waals surface area contributed by atoms with Gasteiger partial charge in [0, 0.05) is 17.1 Å². The number of carbonyl (C=O) groups is 3. The van der Waals surface area contributed by atoms with E-state index in [0.717, 1.165) is 50.4 Å². The maximum Gasteiger partial charge on any atom is 0.331 e. The Bertz CT molecular complexity index is 3550. The van der Waals surface area contributed by atoms with Gasteiger partial charge in [0.1, 0.15) is 52.6 Å².